The number of benzene rings is 11. The molecule has 0 radical (unpaired) electrons. The van der Waals surface area contributed by atoms with Crippen LogP contribution in [-0.4, -0.2) is 0 Å². The van der Waals surface area contributed by atoms with Gasteiger partial charge in [0.1, 0.15) is 0 Å². The molecule has 0 atom stereocenters. The first kappa shape index (κ1) is 39.7. The molecule has 0 N–H and O–H groups in total. The van der Waals surface area contributed by atoms with Crippen LogP contribution < -0.4 is 0 Å². The third kappa shape index (κ3) is 6.66. The molecule has 0 aliphatic heterocycles. The minimum Gasteiger partial charge on any atom is -0.238 e. The van der Waals surface area contributed by atoms with E-state index in [0.717, 1.165) is 44.2 Å². The van der Waals surface area contributed by atoms with Crippen molar-refractivity contribution in [2.75, 3.05) is 0 Å². The quantitative estimate of drug-likeness (QED) is 0.121. The van der Waals surface area contributed by atoms with Crippen molar-refractivity contribution < 1.29 is 0 Å². The van der Waals surface area contributed by atoms with Crippen molar-refractivity contribution in [3.63, 3.8) is 0 Å². The summed E-state index contributed by atoms with van der Waals surface area (Å²) in [6.07, 6.45) is 0. The maximum absolute atomic E-state index is 9.58. The molecular formula is C64H36N2S2. The summed E-state index contributed by atoms with van der Waals surface area (Å²) in [6.45, 7) is 7.55. The van der Waals surface area contributed by atoms with E-state index in [1.54, 1.807) is 22.7 Å². The van der Waals surface area contributed by atoms with Crippen LogP contribution in [0.15, 0.2) is 218 Å². The highest BCUT2D eigenvalue weighted by atomic mass is 32.1. The number of hydrogen-bond acceptors (Lipinski definition) is 3. The van der Waals surface area contributed by atoms with Gasteiger partial charge < -0.3 is 0 Å². The van der Waals surface area contributed by atoms with Crippen LogP contribution in [-0.2, 0) is 0 Å². The topological polar surface area (TPSA) is 28.1 Å². The molecule has 13 rings (SSSR count). The normalized spacial score (nSPS) is 11.5. The molecule has 68 heavy (non-hydrogen) atoms. The molecule has 11 aromatic carbocycles. The van der Waals surface area contributed by atoms with E-state index in [4.69, 9.17) is 6.57 Å². The molecular weight excluding hydrogens is 861 g/mol. The smallest absolute Gasteiger partial charge is 0.187 e. The third-order valence-electron chi connectivity index (χ3n) is 13.5. The second-order valence-electron chi connectivity index (χ2n) is 17.4. The highest BCUT2D eigenvalue weighted by Gasteiger charge is 2.19. The second-order valence-corrected chi connectivity index (χ2v) is 19.6. The molecule has 4 heteroatoms. The Hall–Kier alpha value is -8.64. The predicted molar refractivity (Wildman–Crippen MR) is 291 cm³/mol. The van der Waals surface area contributed by atoms with E-state index in [1.165, 1.54) is 84.5 Å². The molecule has 2 heterocycles. The summed E-state index contributed by atoms with van der Waals surface area (Å²) < 4.78 is 4.86. The van der Waals surface area contributed by atoms with Gasteiger partial charge in [0, 0.05) is 29.6 Å². The standard InChI is InChI=1S/C64H36N2S2/c1-66-50-25-31-62-56(37-50)55-34-49(24-30-61(55)68-62)43-19-15-41(16-20-43)47-22-27-52-58(36-47)64(45-10-6-3-7-11-45)51-26-21-46(35-57(51)63(52)44-8-4-2-5-9-44)40-13-17-42(18-14-40)48-23-29-60-54(33-48)53-32-39(38-65)12-28-59(53)67-60/h2-37H. The zero-order chi connectivity index (χ0) is 45.3. The Bertz CT molecular complexity index is 3970. The highest BCUT2D eigenvalue weighted by molar-refractivity contribution is 7.26. The highest BCUT2D eigenvalue weighted by Crippen LogP contribution is 2.47. The number of rotatable bonds is 6. The minimum atomic E-state index is 0.671. The second kappa shape index (κ2) is 16.1. The van der Waals surface area contributed by atoms with Crippen molar-refractivity contribution in [1.82, 2.24) is 0 Å². The van der Waals surface area contributed by atoms with E-state index in [9.17, 15) is 5.26 Å². The monoisotopic (exact) mass is 896 g/mol. The Labute approximate surface area is 401 Å². The average molecular weight is 897 g/mol. The number of fused-ring (bicyclic) bond motifs is 8. The summed E-state index contributed by atoms with van der Waals surface area (Å²) in [5.74, 6) is 0. The molecule has 0 bridgehead atoms. The van der Waals surface area contributed by atoms with Crippen LogP contribution in [0.25, 0.3) is 133 Å². The zero-order valence-electron chi connectivity index (χ0n) is 36.5. The summed E-state index contributed by atoms with van der Waals surface area (Å²) in [5.41, 5.74) is 15.5. The van der Waals surface area contributed by atoms with Crippen LogP contribution >= 0.6 is 22.7 Å². The van der Waals surface area contributed by atoms with Gasteiger partial charge in [-0.2, -0.15) is 5.26 Å². The van der Waals surface area contributed by atoms with Gasteiger partial charge in [0.15, 0.2) is 5.69 Å². The molecule has 0 aliphatic rings. The molecule has 0 saturated heterocycles. The largest absolute Gasteiger partial charge is 0.238 e. The minimum absolute atomic E-state index is 0.671. The maximum atomic E-state index is 9.58. The first-order chi connectivity index (χ1) is 33.6. The molecule has 0 saturated carbocycles. The summed E-state index contributed by atoms with van der Waals surface area (Å²) >= 11 is 3.55. The molecule has 0 unspecified atom stereocenters. The summed E-state index contributed by atoms with van der Waals surface area (Å²) in [7, 11) is 0. The van der Waals surface area contributed by atoms with Gasteiger partial charge in [0.25, 0.3) is 0 Å². The van der Waals surface area contributed by atoms with Gasteiger partial charge in [-0.1, -0.05) is 158 Å². The molecule has 314 valence electrons. The van der Waals surface area contributed by atoms with Gasteiger partial charge in [0.2, 0.25) is 0 Å². The van der Waals surface area contributed by atoms with Gasteiger partial charge >= 0.3 is 0 Å². The molecule has 0 aliphatic carbocycles. The van der Waals surface area contributed by atoms with E-state index >= 15 is 0 Å². The fourth-order valence-electron chi connectivity index (χ4n) is 10.2. The van der Waals surface area contributed by atoms with E-state index in [0.29, 0.717) is 11.3 Å². The number of nitrogens with zero attached hydrogens (tertiary/aromatic N) is 2. The van der Waals surface area contributed by atoms with Gasteiger partial charge in [-0.25, -0.2) is 4.85 Å². The van der Waals surface area contributed by atoms with E-state index in [2.05, 4.69) is 205 Å². The Morgan fingerprint density at radius 3 is 1.09 bits per heavy atom. The Kier molecular flexibility index (Phi) is 9.37. The van der Waals surface area contributed by atoms with Crippen molar-refractivity contribution in [2.24, 2.45) is 0 Å². The average Bonchev–Trinajstić information content (AvgIpc) is 3.97. The van der Waals surface area contributed by atoms with Crippen molar-refractivity contribution in [1.29, 1.82) is 5.26 Å². The Balaban J connectivity index is 0.917. The first-order valence-electron chi connectivity index (χ1n) is 22.6. The first-order valence-corrected chi connectivity index (χ1v) is 24.3. The lowest BCUT2D eigenvalue weighted by atomic mass is 9.84. The van der Waals surface area contributed by atoms with Crippen LogP contribution in [0.5, 0.6) is 0 Å². The van der Waals surface area contributed by atoms with Crippen LogP contribution in [0, 0.1) is 17.9 Å². The summed E-state index contributed by atoms with van der Waals surface area (Å²) in [4.78, 5) is 3.69. The van der Waals surface area contributed by atoms with Crippen molar-refractivity contribution in [3.8, 4) is 72.8 Å². The number of hydrogen-bond donors (Lipinski definition) is 0. The predicted octanol–water partition coefficient (Wildman–Crippen LogP) is 19.2. The lowest BCUT2D eigenvalue weighted by Gasteiger charge is -2.20. The SMILES string of the molecule is [C-]#[N+]c1ccc2sc3ccc(-c4ccc(-c5ccc6c(-c7ccccc7)c7cc(-c8ccc(-c9ccc%10sc%11ccc(C#N)cc%11c%10c9)cc8)ccc7c(-c7ccccc7)c6c5)cc4)cc3c2c1. The molecule has 0 amide bonds. The fourth-order valence-corrected chi connectivity index (χ4v) is 12.3. The molecule has 0 fully saturated rings. The fraction of sp³-hybridized carbons (Fsp3) is 0. The van der Waals surface area contributed by atoms with Gasteiger partial charge in [0.05, 0.1) is 18.2 Å². The Morgan fingerprint density at radius 1 is 0.309 bits per heavy atom. The van der Waals surface area contributed by atoms with Crippen LogP contribution in [0.2, 0.25) is 0 Å². The van der Waals surface area contributed by atoms with E-state index in [1.807, 2.05) is 24.3 Å². The Morgan fingerprint density at radius 2 is 0.662 bits per heavy atom. The molecule has 13 aromatic rings. The lowest BCUT2D eigenvalue weighted by Crippen LogP contribution is -1.92. The van der Waals surface area contributed by atoms with Gasteiger partial charge in [-0.3, -0.25) is 0 Å². The number of nitriles is 1. The maximum Gasteiger partial charge on any atom is 0.187 e. The van der Waals surface area contributed by atoms with Crippen molar-refractivity contribution >= 4 is 90.3 Å². The molecule has 0 spiro atoms. The van der Waals surface area contributed by atoms with Gasteiger partial charge in [-0.15, -0.1) is 22.7 Å². The van der Waals surface area contributed by atoms with Crippen LogP contribution in [0.1, 0.15) is 5.56 Å². The van der Waals surface area contributed by atoms with E-state index in [-0.39, 0.29) is 0 Å². The third-order valence-corrected chi connectivity index (χ3v) is 15.8. The van der Waals surface area contributed by atoms with Crippen LogP contribution in [0.3, 0.4) is 0 Å². The molecule has 2 aromatic heterocycles. The summed E-state index contributed by atoms with van der Waals surface area (Å²) in [5, 5.41) is 19.1. The van der Waals surface area contributed by atoms with Crippen molar-refractivity contribution in [3.05, 3.63) is 235 Å². The number of thiophene rings is 2. The zero-order valence-corrected chi connectivity index (χ0v) is 38.1. The lowest BCUT2D eigenvalue weighted by molar-refractivity contribution is 1.50. The summed E-state index contributed by atoms with van der Waals surface area (Å²) in [6, 6.07) is 81.3. The molecule has 2 nitrogen and oxygen atoms in total. The van der Waals surface area contributed by atoms with E-state index < -0.39 is 0 Å². The van der Waals surface area contributed by atoms with Gasteiger partial charge in [-0.05, 0) is 160 Å². The van der Waals surface area contributed by atoms with Crippen LogP contribution in [0.4, 0.5) is 5.69 Å². The van der Waals surface area contributed by atoms with Crippen molar-refractivity contribution in [2.45, 2.75) is 0 Å².